The standard InChI is InChI=1S/C13H24O2/c1-5-10(14)9-11-12(2,3)7-6-8-13(11,4)15/h5,11,14-15H,6-9H2,1-4H3. The lowest BCUT2D eigenvalue weighted by molar-refractivity contribution is -0.0914. The molecular formula is C13H24O2. The van der Waals surface area contributed by atoms with Crippen molar-refractivity contribution in [2.45, 2.75) is 59.0 Å². The Labute approximate surface area is 93.0 Å². The Bertz CT molecular complexity index is 235. The first kappa shape index (κ1) is 12.6. The molecule has 15 heavy (non-hydrogen) atoms. The maximum absolute atomic E-state index is 10.4. The van der Waals surface area contributed by atoms with Crippen molar-refractivity contribution in [3.8, 4) is 0 Å². The van der Waals surface area contributed by atoms with Crippen LogP contribution in [0.15, 0.2) is 11.8 Å². The van der Waals surface area contributed by atoms with Crippen molar-refractivity contribution in [1.82, 2.24) is 0 Å². The quantitative estimate of drug-likeness (QED) is 0.689. The predicted octanol–water partition coefficient (Wildman–Crippen LogP) is 3.42. The minimum absolute atomic E-state index is 0.110. The molecule has 2 unspecified atom stereocenters. The zero-order valence-corrected chi connectivity index (χ0v) is 10.4. The van der Waals surface area contributed by atoms with Crippen molar-refractivity contribution in [2.75, 3.05) is 0 Å². The van der Waals surface area contributed by atoms with E-state index in [0.717, 1.165) is 19.3 Å². The lowest BCUT2D eigenvalue weighted by Gasteiger charge is -2.48. The molecule has 0 aromatic rings. The van der Waals surface area contributed by atoms with Crippen molar-refractivity contribution < 1.29 is 10.2 Å². The summed E-state index contributed by atoms with van der Waals surface area (Å²) < 4.78 is 0. The van der Waals surface area contributed by atoms with Crippen LogP contribution in [0, 0.1) is 11.3 Å². The summed E-state index contributed by atoms with van der Waals surface area (Å²) in [5.41, 5.74) is -0.530. The number of hydrogen-bond acceptors (Lipinski definition) is 2. The van der Waals surface area contributed by atoms with Gasteiger partial charge in [-0.15, -0.1) is 0 Å². The number of hydrogen-bond donors (Lipinski definition) is 2. The number of allylic oxidation sites excluding steroid dienone is 2. The summed E-state index contributed by atoms with van der Waals surface area (Å²) in [5, 5.41) is 20.0. The fourth-order valence-corrected chi connectivity index (χ4v) is 2.92. The van der Waals surface area contributed by atoms with E-state index in [4.69, 9.17) is 0 Å². The molecule has 0 radical (unpaired) electrons. The SMILES string of the molecule is CC=C(O)CC1C(C)(C)CCCC1(C)O. The van der Waals surface area contributed by atoms with Gasteiger partial charge in [-0.2, -0.15) is 0 Å². The molecule has 2 heteroatoms. The fourth-order valence-electron chi connectivity index (χ4n) is 2.92. The summed E-state index contributed by atoms with van der Waals surface area (Å²) in [5.74, 6) is 0.546. The first-order valence-corrected chi connectivity index (χ1v) is 5.86. The van der Waals surface area contributed by atoms with E-state index >= 15 is 0 Å². The van der Waals surface area contributed by atoms with Crippen molar-refractivity contribution >= 4 is 0 Å². The molecule has 0 aromatic carbocycles. The van der Waals surface area contributed by atoms with Crippen LogP contribution in [0.2, 0.25) is 0 Å². The number of aliphatic hydroxyl groups excluding tert-OH is 1. The van der Waals surface area contributed by atoms with Gasteiger partial charge < -0.3 is 10.2 Å². The Morgan fingerprint density at radius 1 is 1.33 bits per heavy atom. The van der Waals surface area contributed by atoms with Crippen LogP contribution in [0.3, 0.4) is 0 Å². The van der Waals surface area contributed by atoms with Crippen LogP contribution in [0.5, 0.6) is 0 Å². The van der Waals surface area contributed by atoms with Gasteiger partial charge in [-0.05, 0) is 44.1 Å². The van der Waals surface area contributed by atoms with Crippen LogP contribution in [0.25, 0.3) is 0 Å². The first-order chi connectivity index (χ1) is 6.79. The largest absolute Gasteiger partial charge is 0.513 e. The van der Waals surface area contributed by atoms with E-state index in [9.17, 15) is 10.2 Å². The molecule has 2 nitrogen and oxygen atoms in total. The van der Waals surface area contributed by atoms with Gasteiger partial charge in [-0.25, -0.2) is 0 Å². The summed E-state index contributed by atoms with van der Waals surface area (Å²) in [6.07, 6.45) is 5.37. The molecule has 2 atom stereocenters. The number of rotatable bonds is 2. The van der Waals surface area contributed by atoms with Crippen LogP contribution in [0.1, 0.15) is 53.4 Å². The van der Waals surface area contributed by atoms with Crippen molar-refractivity contribution in [1.29, 1.82) is 0 Å². The van der Waals surface area contributed by atoms with Gasteiger partial charge >= 0.3 is 0 Å². The smallest absolute Gasteiger partial charge is 0.0884 e. The Balaban J connectivity index is 2.86. The number of aliphatic hydroxyl groups is 2. The van der Waals surface area contributed by atoms with Crippen LogP contribution in [-0.2, 0) is 0 Å². The fraction of sp³-hybridized carbons (Fsp3) is 0.846. The van der Waals surface area contributed by atoms with Crippen molar-refractivity contribution in [3.63, 3.8) is 0 Å². The van der Waals surface area contributed by atoms with Crippen LogP contribution in [0.4, 0.5) is 0 Å². The van der Waals surface area contributed by atoms with Crippen molar-refractivity contribution in [3.05, 3.63) is 11.8 Å². The second kappa shape index (κ2) is 4.17. The summed E-state index contributed by atoms with van der Waals surface area (Å²) in [6.45, 7) is 8.11. The second-order valence-electron chi connectivity index (χ2n) is 5.74. The molecule has 0 aromatic heterocycles. The van der Waals surface area contributed by atoms with E-state index in [1.54, 1.807) is 6.08 Å². The maximum atomic E-state index is 10.4. The topological polar surface area (TPSA) is 40.5 Å². The predicted molar refractivity (Wildman–Crippen MR) is 62.7 cm³/mol. The van der Waals surface area contributed by atoms with E-state index in [1.165, 1.54) is 0 Å². The van der Waals surface area contributed by atoms with E-state index < -0.39 is 5.60 Å². The minimum Gasteiger partial charge on any atom is -0.513 e. The summed E-state index contributed by atoms with van der Waals surface area (Å²) in [4.78, 5) is 0. The van der Waals surface area contributed by atoms with E-state index in [-0.39, 0.29) is 11.3 Å². The molecule has 1 aliphatic carbocycles. The third kappa shape index (κ3) is 2.75. The highest BCUT2D eigenvalue weighted by Crippen LogP contribution is 2.48. The van der Waals surface area contributed by atoms with Gasteiger partial charge in [0.25, 0.3) is 0 Å². The highest BCUT2D eigenvalue weighted by molar-refractivity contribution is 5.02. The zero-order valence-electron chi connectivity index (χ0n) is 10.4. The van der Waals surface area contributed by atoms with Gasteiger partial charge in [0.1, 0.15) is 0 Å². The first-order valence-electron chi connectivity index (χ1n) is 5.86. The van der Waals surface area contributed by atoms with Gasteiger partial charge in [-0.3, -0.25) is 0 Å². The monoisotopic (exact) mass is 212 g/mol. The van der Waals surface area contributed by atoms with Crippen LogP contribution >= 0.6 is 0 Å². The molecular weight excluding hydrogens is 188 g/mol. The Kier molecular flexibility index (Phi) is 3.49. The molecule has 0 amide bonds. The second-order valence-corrected chi connectivity index (χ2v) is 5.74. The molecule has 1 aliphatic rings. The van der Waals surface area contributed by atoms with Gasteiger partial charge in [0, 0.05) is 6.42 Å². The molecule has 1 saturated carbocycles. The summed E-state index contributed by atoms with van der Waals surface area (Å²) in [7, 11) is 0. The highest BCUT2D eigenvalue weighted by Gasteiger charge is 2.45. The molecule has 0 aliphatic heterocycles. The van der Waals surface area contributed by atoms with E-state index in [1.807, 2.05) is 13.8 Å². The Hall–Kier alpha value is -0.500. The van der Waals surface area contributed by atoms with Crippen LogP contribution < -0.4 is 0 Å². The van der Waals surface area contributed by atoms with Gasteiger partial charge in [-0.1, -0.05) is 20.3 Å². The van der Waals surface area contributed by atoms with E-state index in [2.05, 4.69) is 13.8 Å². The third-order valence-electron chi connectivity index (χ3n) is 3.94. The van der Waals surface area contributed by atoms with Gasteiger partial charge in [0.05, 0.1) is 11.4 Å². The van der Waals surface area contributed by atoms with Gasteiger partial charge in [0.2, 0.25) is 0 Å². The molecule has 0 bridgehead atoms. The summed E-state index contributed by atoms with van der Waals surface area (Å²) >= 11 is 0. The Morgan fingerprint density at radius 2 is 1.93 bits per heavy atom. The molecule has 88 valence electrons. The molecule has 1 rings (SSSR count). The van der Waals surface area contributed by atoms with E-state index in [0.29, 0.717) is 12.2 Å². The maximum Gasteiger partial charge on any atom is 0.0884 e. The summed E-state index contributed by atoms with van der Waals surface area (Å²) in [6, 6.07) is 0. The molecule has 1 fully saturated rings. The average Bonchev–Trinajstić information content (AvgIpc) is 2.10. The zero-order chi connectivity index (χ0) is 11.7. The van der Waals surface area contributed by atoms with Crippen molar-refractivity contribution in [2.24, 2.45) is 11.3 Å². The highest BCUT2D eigenvalue weighted by atomic mass is 16.3. The minimum atomic E-state index is -0.640. The van der Waals surface area contributed by atoms with Crippen LogP contribution in [-0.4, -0.2) is 15.8 Å². The lowest BCUT2D eigenvalue weighted by atomic mass is 9.60. The molecule has 0 saturated heterocycles. The average molecular weight is 212 g/mol. The lowest BCUT2D eigenvalue weighted by Crippen LogP contribution is -2.47. The Morgan fingerprint density at radius 3 is 2.40 bits per heavy atom. The molecule has 0 spiro atoms. The van der Waals surface area contributed by atoms with Gasteiger partial charge in [0.15, 0.2) is 0 Å². The third-order valence-corrected chi connectivity index (χ3v) is 3.94. The normalized spacial score (nSPS) is 36.6. The molecule has 0 heterocycles. The molecule has 2 N–H and O–H groups in total.